The molecule has 0 unspecified atom stereocenters. The fourth-order valence-corrected chi connectivity index (χ4v) is 3.88. The summed E-state index contributed by atoms with van der Waals surface area (Å²) in [7, 11) is 1.68. The molecule has 0 spiro atoms. The van der Waals surface area contributed by atoms with Gasteiger partial charge in [-0.15, -0.1) is 0 Å². The predicted molar refractivity (Wildman–Crippen MR) is 92.3 cm³/mol. The van der Waals surface area contributed by atoms with Crippen LogP contribution in [0.2, 0.25) is 0 Å². The Morgan fingerprint density at radius 1 is 1.20 bits per heavy atom. The minimum absolute atomic E-state index is 0.115. The molecule has 0 aliphatic carbocycles. The molecule has 2 aliphatic rings. The van der Waals surface area contributed by atoms with Crippen molar-refractivity contribution in [2.24, 2.45) is 11.8 Å². The van der Waals surface area contributed by atoms with Gasteiger partial charge in [-0.05, 0) is 78.2 Å². The summed E-state index contributed by atoms with van der Waals surface area (Å²) in [5.74, 6) is 2.59. The van der Waals surface area contributed by atoms with Crippen molar-refractivity contribution in [1.29, 1.82) is 0 Å². The number of carbonyl (C=O) groups excluding carboxylic acids is 1. The van der Waals surface area contributed by atoms with Crippen LogP contribution in [-0.2, 0) is 4.74 Å². The molecule has 0 aromatic heterocycles. The van der Waals surface area contributed by atoms with Gasteiger partial charge in [-0.25, -0.2) is 4.79 Å². The fourth-order valence-electron chi connectivity index (χ4n) is 3.19. The number of piperidine rings is 2. The van der Waals surface area contributed by atoms with Crippen molar-refractivity contribution in [2.45, 2.75) is 32.1 Å². The second-order valence-electron chi connectivity index (χ2n) is 5.79. The maximum Gasteiger partial charge on any atom is 0.409 e. The zero-order valence-electron chi connectivity index (χ0n) is 12.0. The van der Waals surface area contributed by atoms with Crippen LogP contribution in [0, 0.1) is 11.8 Å². The highest BCUT2D eigenvalue weighted by Crippen LogP contribution is 2.28. The highest BCUT2D eigenvalue weighted by Gasteiger charge is 2.26. The molecule has 0 atom stereocenters. The van der Waals surface area contributed by atoms with Crippen LogP contribution in [0.5, 0.6) is 0 Å². The smallest absolute Gasteiger partial charge is 0.409 e. The van der Waals surface area contributed by atoms with Gasteiger partial charge in [0.1, 0.15) is 6.61 Å². The number of likely N-dealkylation sites (tertiary alicyclic amines) is 1. The molecule has 0 aromatic rings. The molecular weight excluding hydrogens is 387 g/mol. The highest BCUT2D eigenvalue weighted by atomic mass is 127. The van der Waals surface area contributed by atoms with Crippen LogP contribution in [0.25, 0.3) is 0 Å². The van der Waals surface area contributed by atoms with Crippen molar-refractivity contribution >= 4 is 36.2 Å². The third-order valence-electron chi connectivity index (χ3n) is 4.38. The SMILES string of the molecule is O=C(OCCSI)N1CCC(CC2CCNCC2)CC1. The summed E-state index contributed by atoms with van der Waals surface area (Å²) < 4.78 is 5.26. The average Bonchev–Trinajstić information content (AvgIpc) is 2.49. The third kappa shape index (κ3) is 5.60. The normalized spacial score (nSPS) is 21.9. The minimum Gasteiger partial charge on any atom is -0.449 e. The maximum absolute atomic E-state index is 11.9. The number of ether oxygens (including phenoxy) is 1. The topological polar surface area (TPSA) is 41.6 Å². The number of hydrogen-bond donors (Lipinski definition) is 1. The van der Waals surface area contributed by atoms with Gasteiger partial charge in [-0.1, -0.05) is 8.93 Å². The van der Waals surface area contributed by atoms with E-state index in [0.29, 0.717) is 6.61 Å². The molecule has 2 rings (SSSR count). The van der Waals surface area contributed by atoms with E-state index in [9.17, 15) is 4.79 Å². The lowest BCUT2D eigenvalue weighted by Gasteiger charge is -2.34. The van der Waals surface area contributed by atoms with Gasteiger partial charge in [0.25, 0.3) is 0 Å². The molecule has 0 aromatic carbocycles. The monoisotopic (exact) mass is 412 g/mol. The summed E-state index contributed by atoms with van der Waals surface area (Å²) in [6, 6.07) is 0. The largest absolute Gasteiger partial charge is 0.449 e. The molecule has 0 radical (unpaired) electrons. The van der Waals surface area contributed by atoms with Gasteiger partial charge >= 0.3 is 6.09 Å². The predicted octanol–water partition coefficient (Wildman–Crippen LogP) is 3.31. The lowest BCUT2D eigenvalue weighted by molar-refractivity contribution is 0.0888. The number of nitrogens with zero attached hydrogens (tertiary/aromatic N) is 1. The van der Waals surface area contributed by atoms with Gasteiger partial charge in [0.15, 0.2) is 0 Å². The van der Waals surface area contributed by atoms with E-state index in [1.54, 1.807) is 8.93 Å². The van der Waals surface area contributed by atoms with Crippen molar-refractivity contribution in [2.75, 3.05) is 38.5 Å². The summed E-state index contributed by atoms with van der Waals surface area (Å²) in [5, 5.41) is 3.43. The molecule has 20 heavy (non-hydrogen) atoms. The number of carbonyl (C=O) groups is 1. The summed E-state index contributed by atoms with van der Waals surface area (Å²) in [4.78, 5) is 13.7. The Kier molecular flexibility index (Phi) is 7.80. The molecule has 1 N–H and O–H groups in total. The Bertz CT molecular complexity index is 293. The Morgan fingerprint density at radius 2 is 1.85 bits per heavy atom. The van der Waals surface area contributed by atoms with Crippen molar-refractivity contribution in [1.82, 2.24) is 10.2 Å². The quantitative estimate of drug-likeness (QED) is 0.556. The van der Waals surface area contributed by atoms with Gasteiger partial charge in [0.2, 0.25) is 0 Å². The fraction of sp³-hybridized carbons (Fsp3) is 0.929. The molecule has 2 heterocycles. The molecule has 2 saturated heterocycles. The number of hydrogen-bond acceptors (Lipinski definition) is 4. The lowest BCUT2D eigenvalue weighted by atomic mass is 9.83. The van der Waals surface area contributed by atoms with Crippen LogP contribution in [0.15, 0.2) is 0 Å². The molecule has 1 amide bonds. The molecule has 2 aliphatic heterocycles. The van der Waals surface area contributed by atoms with E-state index < -0.39 is 0 Å². The summed E-state index contributed by atoms with van der Waals surface area (Å²) >= 11 is 2.22. The summed E-state index contributed by atoms with van der Waals surface area (Å²) in [6.07, 6.45) is 6.21. The lowest BCUT2D eigenvalue weighted by Crippen LogP contribution is -2.39. The van der Waals surface area contributed by atoms with Crippen LogP contribution in [-0.4, -0.2) is 49.5 Å². The maximum atomic E-state index is 11.9. The van der Waals surface area contributed by atoms with E-state index in [0.717, 1.165) is 43.5 Å². The van der Waals surface area contributed by atoms with E-state index in [1.165, 1.54) is 32.4 Å². The van der Waals surface area contributed by atoms with Crippen LogP contribution >= 0.6 is 30.1 Å². The Morgan fingerprint density at radius 3 is 2.50 bits per heavy atom. The van der Waals surface area contributed by atoms with E-state index in [-0.39, 0.29) is 6.09 Å². The van der Waals surface area contributed by atoms with Gasteiger partial charge < -0.3 is 15.0 Å². The zero-order valence-corrected chi connectivity index (χ0v) is 15.0. The molecule has 4 nitrogen and oxygen atoms in total. The first-order valence-electron chi connectivity index (χ1n) is 7.65. The van der Waals surface area contributed by atoms with E-state index in [1.807, 2.05) is 4.90 Å². The van der Waals surface area contributed by atoms with Gasteiger partial charge in [-0.3, -0.25) is 0 Å². The molecule has 0 saturated carbocycles. The zero-order chi connectivity index (χ0) is 14.2. The van der Waals surface area contributed by atoms with Crippen LogP contribution in [0.4, 0.5) is 4.79 Å². The molecule has 6 heteroatoms. The van der Waals surface area contributed by atoms with E-state index in [2.05, 4.69) is 26.5 Å². The van der Waals surface area contributed by atoms with Crippen LogP contribution < -0.4 is 5.32 Å². The minimum atomic E-state index is -0.115. The standard InChI is InChI=1S/C14H25IN2O2S/c15-20-10-9-19-14(18)17-7-3-13(4-8-17)11-12-1-5-16-6-2-12/h12-13,16H,1-11H2. The van der Waals surface area contributed by atoms with E-state index >= 15 is 0 Å². The number of amides is 1. The van der Waals surface area contributed by atoms with Gasteiger partial charge in [0, 0.05) is 18.8 Å². The first kappa shape index (κ1) is 16.7. The third-order valence-corrected chi connectivity index (χ3v) is 6.03. The summed E-state index contributed by atoms with van der Waals surface area (Å²) in [5.41, 5.74) is 0. The van der Waals surface area contributed by atoms with Gasteiger partial charge in [-0.2, -0.15) is 0 Å². The number of rotatable bonds is 5. The second-order valence-corrected chi connectivity index (χ2v) is 8.28. The molecule has 116 valence electrons. The second kappa shape index (κ2) is 9.35. The molecule has 0 bridgehead atoms. The average molecular weight is 412 g/mol. The molecule has 2 fully saturated rings. The Balaban J connectivity index is 1.62. The Hall–Kier alpha value is 0.310. The highest BCUT2D eigenvalue weighted by molar-refractivity contribution is 14.2. The van der Waals surface area contributed by atoms with Crippen LogP contribution in [0.1, 0.15) is 32.1 Å². The van der Waals surface area contributed by atoms with Crippen molar-refractivity contribution < 1.29 is 9.53 Å². The number of halogens is 1. The van der Waals surface area contributed by atoms with Crippen LogP contribution in [0.3, 0.4) is 0 Å². The number of nitrogens with one attached hydrogen (secondary N) is 1. The van der Waals surface area contributed by atoms with Gasteiger partial charge in [0.05, 0.1) is 0 Å². The summed E-state index contributed by atoms with van der Waals surface area (Å²) in [6.45, 7) is 4.66. The van der Waals surface area contributed by atoms with Crippen molar-refractivity contribution in [3.8, 4) is 0 Å². The first-order valence-corrected chi connectivity index (χ1v) is 11.2. The molecular formula is C14H25IN2O2S. The van der Waals surface area contributed by atoms with Crippen molar-refractivity contribution in [3.63, 3.8) is 0 Å². The first-order chi connectivity index (χ1) is 9.79. The van der Waals surface area contributed by atoms with E-state index in [4.69, 9.17) is 4.74 Å². The Labute approximate surface area is 138 Å². The van der Waals surface area contributed by atoms with Crippen molar-refractivity contribution in [3.05, 3.63) is 0 Å².